The van der Waals surface area contributed by atoms with E-state index in [4.69, 9.17) is 0 Å². The van der Waals surface area contributed by atoms with Crippen molar-refractivity contribution in [2.45, 2.75) is 69.0 Å². The monoisotopic (exact) mass is 539 g/mol. The van der Waals surface area contributed by atoms with E-state index >= 15 is 0 Å². The van der Waals surface area contributed by atoms with E-state index in [-0.39, 0.29) is 34.6 Å². The van der Waals surface area contributed by atoms with Gasteiger partial charge in [-0.1, -0.05) is 30.3 Å². The number of aliphatic hydroxyl groups is 1. The highest BCUT2D eigenvalue weighted by atomic mass is 32.2. The van der Waals surface area contributed by atoms with Crippen LogP contribution in [0.4, 0.5) is 4.39 Å². The first-order chi connectivity index (χ1) is 17.9. The highest BCUT2D eigenvalue weighted by Gasteiger charge is 2.30. The first kappa shape index (κ1) is 27.9. The summed E-state index contributed by atoms with van der Waals surface area (Å²) >= 11 is 0. The van der Waals surface area contributed by atoms with Crippen molar-refractivity contribution >= 4 is 15.9 Å². The van der Waals surface area contributed by atoms with Crippen molar-refractivity contribution in [2.24, 2.45) is 5.92 Å². The number of benzene rings is 2. The maximum atomic E-state index is 13.2. The Morgan fingerprint density at radius 2 is 1.58 bits per heavy atom. The summed E-state index contributed by atoms with van der Waals surface area (Å²) in [4.78, 5) is 17.2. The number of carbonyl (C=O) groups is 1. The summed E-state index contributed by atoms with van der Waals surface area (Å²) in [5, 5.41) is 13.1. The van der Waals surface area contributed by atoms with Gasteiger partial charge in [-0.2, -0.15) is 0 Å². The molecule has 4 rings (SSSR count). The largest absolute Gasteiger partial charge is 0.384 e. The number of halogens is 1. The second-order valence-electron chi connectivity index (χ2n) is 10.5. The maximum Gasteiger partial charge on any atom is 0.240 e. The van der Waals surface area contributed by atoms with Crippen LogP contribution in [0.1, 0.15) is 63.8 Å². The van der Waals surface area contributed by atoms with Crippen molar-refractivity contribution in [2.75, 3.05) is 0 Å². The molecule has 1 fully saturated rings. The number of aromatic nitrogens is 1. The molecule has 7 nitrogen and oxygen atoms in total. The lowest BCUT2D eigenvalue weighted by Gasteiger charge is -2.29. The minimum Gasteiger partial charge on any atom is -0.384 e. The molecule has 0 unspecified atom stereocenters. The van der Waals surface area contributed by atoms with E-state index in [2.05, 4.69) is 15.0 Å². The molecule has 1 atom stereocenters. The fraction of sp³-hybridized carbons (Fsp3) is 0.379. The molecule has 0 radical (unpaired) electrons. The van der Waals surface area contributed by atoms with Crippen LogP contribution >= 0.6 is 0 Å². The number of rotatable bonds is 8. The molecule has 3 N–H and O–H groups in total. The van der Waals surface area contributed by atoms with Gasteiger partial charge in [-0.3, -0.25) is 9.78 Å². The van der Waals surface area contributed by atoms with Gasteiger partial charge >= 0.3 is 0 Å². The molecule has 0 saturated heterocycles. The van der Waals surface area contributed by atoms with Gasteiger partial charge in [-0.25, -0.2) is 17.5 Å². The summed E-state index contributed by atoms with van der Waals surface area (Å²) in [6.45, 7) is 5.19. The topological polar surface area (TPSA) is 108 Å². The van der Waals surface area contributed by atoms with E-state index in [0.717, 1.165) is 16.7 Å². The van der Waals surface area contributed by atoms with Gasteiger partial charge in [0.05, 0.1) is 16.6 Å². The van der Waals surface area contributed by atoms with E-state index in [1.54, 1.807) is 62.5 Å². The van der Waals surface area contributed by atoms with Gasteiger partial charge in [-0.15, -0.1) is 0 Å². The highest BCUT2D eigenvalue weighted by Crippen LogP contribution is 2.28. The lowest BCUT2D eigenvalue weighted by atomic mass is 9.85. The van der Waals surface area contributed by atoms with Gasteiger partial charge in [0.2, 0.25) is 15.9 Å². The Kier molecular flexibility index (Phi) is 8.30. The first-order valence-electron chi connectivity index (χ1n) is 12.8. The lowest BCUT2D eigenvalue weighted by Crippen LogP contribution is -2.41. The van der Waals surface area contributed by atoms with E-state index in [9.17, 15) is 22.7 Å². The molecule has 1 amide bonds. The van der Waals surface area contributed by atoms with Crippen molar-refractivity contribution in [3.63, 3.8) is 0 Å². The van der Waals surface area contributed by atoms with Gasteiger partial charge in [0.25, 0.3) is 0 Å². The minimum absolute atomic E-state index is 0.0659. The number of hydrogen-bond donors (Lipinski definition) is 3. The van der Waals surface area contributed by atoms with Crippen LogP contribution in [0.5, 0.6) is 0 Å². The smallest absolute Gasteiger partial charge is 0.240 e. The van der Waals surface area contributed by atoms with Gasteiger partial charge in [-0.05, 0) is 87.9 Å². The third-order valence-electron chi connectivity index (χ3n) is 7.04. The maximum absolute atomic E-state index is 13.2. The molecule has 0 spiro atoms. The average molecular weight is 540 g/mol. The van der Waals surface area contributed by atoms with Crippen molar-refractivity contribution in [3.05, 3.63) is 83.9 Å². The second kappa shape index (κ2) is 11.3. The van der Waals surface area contributed by atoms with Crippen molar-refractivity contribution in [3.8, 4) is 11.1 Å². The Hall–Kier alpha value is -3.14. The molecular weight excluding hydrogens is 505 g/mol. The van der Waals surface area contributed by atoms with Crippen LogP contribution in [0, 0.1) is 11.7 Å². The van der Waals surface area contributed by atoms with E-state index in [1.165, 1.54) is 12.1 Å². The Morgan fingerprint density at radius 1 is 0.974 bits per heavy atom. The van der Waals surface area contributed by atoms with Crippen LogP contribution in [0.2, 0.25) is 0 Å². The highest BCUT2D eigenvalue weighted by molar-refractivity contribution is 7.89. The van der Waals surface area contributed by atoms with Crippen molar-refractivity contribution in [1.29, 1.82) is 0 Å². The molecule has 1 aliphatic carbocycles. The molecule has 38 heavy (non-hydrogen) atoms. The molecular formula is C29H34FN3O4S. The molecule has 1 aliphatic rings. The summed E-state index contributed by atoms with van der Waals surface area (Å²) in [5.74, 6) is -0.572. The summed E-state index contributed by atoms with van der Waals surface area (Å²) in [5.41, 5.74) is 1.99. The third-order valence-corrected chi connectivity index (χ3v) is 8.57. The Labute approximate surface area is 223 Å². The number of nitrogens with zero attached hydrogens (tertiary/aromatic N) is 1. The van der Waals surface area contributed by atoms with Crippen LogP contribution in [-0.4, -0.2) is 30.5 Å². The van der Waals surface area contributed by atoms with Crippen LogP contribution in [-0.2, 0) is 20.4 Å². The van der Waals surface area contributed by atoms with Crippen LogP contribution < -0.4 is 10.0 Å². The molecule has 1 heterocycles. The zero-order chi connectivity index (χ0) is 27.5. The third kappa shape index (κ3) is 6.83. The van der Waals surface area contributed by atoms with E-state index < -0.39 is 15.6 Å². The number of nitrogens with one attached hydrogen (secondary N) is 2. The number of carbonyl (C=O) groups excluding carboxylic acids is 1. The molecule has 0 aliphatic heterocycles. The Morgan fingerprint density at radius 3 is 2.13 bits per heavy atom. The van der Waals surface area contributed by atoms with Crippen LogP contribution in [0.15, 0.2) is 71.8 Å². The standard InChI is InChI=1S/C29H34FN3O4S/c1-19(20-4-11-24(30)12-5-20)32-28(34)22-6-13-25(14-7-22)33-38(36,37)26-15-8-21(9-16-26)23-10-17-27(31-18-23)29(2,3)35/h4-5,8-12,15-19,22,25,33,35H,6-7,13-14H2,1-3H3,(H,32,34)/t19-,22-,25-/m1/s1. The molecule has 3 aromatic rings. The van der Waals surface area contributed by atoms with Crippen LogP contribution in [0.25, 0.3) is 11.1 Å². The Bertz CT molecular complexity index is 1340. The Balaban J connectivity index is 1.30. The van der Waals surface area contributed by atoms with Crippen molar-refractivity contribution in [1.82, 2.24) is 15.0 Å². The van der Waals surface area contributed by atoms with Crippen molar-refractivity contribution < 1.29 is 22.7 Å². The summed E-state index contributed by atoms with van der Waals surface area (Å²) in [6.07, 6.45) is 3.96. The van der Waals surface area contributed by atoms with E-state index in [1.807, 2.05) is 13.0 Å². The minimum atomic E-state index is -3.71. The molecule has 9 heteroatoms. The molecule has 1 saturated carbocycles. The van der Waals surface area contributed by atoms with E-state index in [0.29, 0.717) is 31.4 Å². The predicted octanol–water partition coefficient (Wildman–Crippen LogP) is 4.83. The van der Waals surface area contributed by atoms with Gasteiger partial charge in [0.1, 0.15) is 11.4 Å². The van der Waals surface area contributed by atoms with Gasteiger partial charge < -0.3 is 10.4 Å². The number of hydrogen-bond acceptors (Lipinski definition) is 5. The fourth-order valence-electron chi connectivity index (χ4n) is 4.68. The first-order valence-corrected chi connectivity index (χ1v) is 14.3. The van der Waals surface area contributed by atoms with Crippen LogP contribution in [0.3, 0.4) is 0 Å². The number of pyridine rings is 1. The quantitative estimate of drug-likeness (QED) is 0.380. The SMILES string of the molecule is C[C@@H](NC(=O)[C@H]1CC[C@H](NS(=O)(=O)c2ccc(-c3ccc(C(C)(C)O)nc3)cc2)CC1)c1ccc(F)cc1. The predicted molar refractivity (Wildman–Crippen MR) is 144 cm³/mol. The number of amides is 1. The molecule has 2 aromatic carbocycles. The molecule has 0 bridgehead atoms. The van der Waals surface area contributed by atoms with Gasteiger partial charge in [0, 0.05) is 23.7 Å². The zero-order valence-electron chi connectivity index (χ0n) is 21.8. The normalized spacial score (nSPS) is 19.1. The fourth-order valence-corrected chi connectivity index (χ4v) is 5.99. The van der Waals surface area contributed by atoms with Gasteiger partial charge in [0.15, 0.2) is 0 Å². The lowest BCUT2D eigenvalue weighted by molar-refractivity contribution is -0.126. The summed E-state index contributed by atoms with van der Waals surface area (Å²) in [7, 11) is -3.71. The average Bonchev–Trinajstić information content (AvgIpc) is 2.89. The second-order valence-corrected chi connectivity index (χ2v) is 12.2. The molecule has 1 aromatic heterocycles. The summed E-state index contributed by atoms with van der Waals surface area (Å²) < 4.78 is 41.9. The molecule has 202 valence electrons. The zero-order valence-corrected chi connectivity index (χ0v) is 22.6. The number of sulfonamides is 1. The summed E-state index contributed by atoms with van der Waals surface area (Å²) in [6, 6.07) is 15.8.